The van der Waals surface area contributed by atoms with Gasteiger partial charge in [-0.25, -0.2) is 0 Å². The minimum absolute atomic E-state index is 0. The average Bonchev–Trinajstić information content (AvgIpc) is 0.722. The Morgan fingerprint density at radius 1 is 1.00 bits per heavy atom. The summed E-state index contributed by atoms with van der Waals surface area (Å²) in [7, 11) is 0. The van der Waals surface area contributed by atoms with Gasteiger partial charge in [0.1, 0.15) is 0 Å². The Hall–Kier alpha value is 0.674. The molecule has 0 amide bonds. The molecule has 0 bridgehead atoms. The van der Waals surface area contributed by atoms with Gasteiger partial charge in [-0.15, -0.1) is 0 Å². The van der Waals surface area contributed by atoms with Crippen molar-refractivity contribution in [1.29, 1.82) is 0 Å². The zero-order valence-electron chi connectivity index (χ0n) is 6.45. The summed E-state index contributed by atoms with van der Waals surface area (Å²) in [4.78, 5) is 0. The summed E-state index contributed by atoms with van der Waals surface area (Å²) >= 11 is 0. The van der Waals surface area contributed by atoms with Crippen molar-refractivity contribution in [2.45, 2.75) is 26.4 Å². The van der Waals surface area contributed by atoms with Crippen molar-refractivity contribution in [2.75, 3.05) is 0 Å². The molecular weight excluding hydrogens is 136 g/mol. The van der Waals surface area contributed by atoms with E-state index in [-0.39, 0.29) is 36.6 Å². The van der Waals surface area contributed by atoms with Gasteiger partial charge in [0.05, 0.1) is 5.60 Å². The molecule has 2 heteroatoms. The van der Waals surface area contributed by atoms with E-state index in [1.807, 2.05) is 0 Å². The summed E-state index contributed by atoms with van der Waals surface area (Å²) in [6.45, 7) is 5.23. The molecule has 0 aromatic rings. The number of hydrogen-bond donors (Lipinski definition) is 1. The van der Waals surface area contributed by atoms with Crippen LogP contribution < -0.4 is 0 Å². The van der Waals surface area contributed by atoms with Crippen molar-refractivity contribution in [1.82, 2.24) is 0 Å². The molecule has 8 heavy (non-hydrogen) atoms. The summed E-state index contributed by atoms with van der Waals surface area (Å²) in [5, 5.41) is 8.52. The van der Waals surface area contributed by atoms with Crippen molar-refractivity contribution >= 4 is 0 Å². The van der Waals surface area contributed by atoms with Gasteiger partial charge in [0.25, 0.3) is 0 Å². The first-order chi connectivity index (χ1) is 2.00. The van der Waals surface area contributed by atoms with E-state index in [1.54, 1.807) is 20.8 Å². The standard InChI is InChI=1S/C4H10O.2CH3.Ti/c1-4(2,3)5;;;/h5H,1-3H3;2*1H3;/q;2*-1;+2. The Labute approximate surface area is 68.4 Å². The fourth-order valence-electron chi connectivity index (χ4n) is 0. The third-order valence-corrected chi connectivity index (χ3v) is 0. The van der Waals surface area contributed by atoms with Crippen molar-refractivity contribution < 1.29 is 26.8 Å². The van der Waals surface area contributed by atoms with Gasteiger partial charge in [0.2, 0.25) is 0 Å². The molecular formula is C6H16OTi. The number of aliphatic hydroxyl groups is 1. The normalized spacial score (nSPS) is 7.50. The van der Waals surface area contributed by atoms with E-state index in [9.17, 15) is 0 Å². The van der Waals surface area contributed by atoms with E-state index in [1.165, 1.54) is 0 Å². The van der Waals surface area contributed by atoms with Crippen LogP contribution in [0.1, 0.15) is 20.8 Å². The van der Waals surface area contributed by atoms with Crippen molar-refractivity contribution in [3.63, 3.8) is 0 Å². The van der Waals surface area contributed by atoms with Gasteiger partial charge in [-0.3, -0.25) is 0 Å². The van der Waals surface area contributed by atoms with Crippen LogP contribution in [0.3, 0.4) is 0 Å². The fraction of sp³-hybridized carbons (Fsp3) is 0.667. The van der Waals surface area contributed by atoms with Gasteiger partial charge in [0, 0.05) is 0 Å². The van der Waals surface area contributed by atoms with Crippen LogP contribution >= 0.6 is 0 Å². The maximum Gasteiger partial charge on any atom is 2.00 e. The molecule has 0 aliphatic rings. The Kier molecular flexibility index (Phi) is 22.4. The van der Waals surface area contributed by atoms with Crippen molar-refractivity contribution in [2.24, 2.45) is 0 Å². The zero-order valence-corrected chi connectivity index (χ0v) is 8.01. The molecule has 0 saturated heterocycles. The SMILES string of the molecule is CC(C)(C)O.[CH3-].[CH3-].[Ti+2]. The molecule has 0 unspecified atom stereocenters. The van der Waals surface area contributed by atoms with Crippen LogP contribution in [-0.4, -0.2) is 10.7 Å². The first-order valence-electron chi connectivity index (χ1n) is 1.72. The van der Waals surface area contributed by atoms with Crippen LogP contribution in [0.2, 0.25) is 0 Å². The second-order valence-electron chi connectivity index (χ2n) is 2.17. The van der Waals surface area contributed by atoms with E-state index < -0.39 is 5.60 Å². The van der Waals surface area contributed by atoms with Crippen LogP contribution in [0, 0.1) is 14.9 Å². The minimum Gasteiger partial charge on any atom is -0.391 e. The summed E-state index contributed by atoms with van der Waals surface area (Å²) in [5.41, 5.74) is -0.500. The molecule has 1 nitrogen and oxygen atoms in total. The Morgan fingerprint density at radius 2 is 1.00 bits per heavy atom. The van der Waals surface area contributed by atoms with E-state index in [4.69, 9.17) is 5.11 Å². The maximum atomic E-state index is 8.52. The Bertz CT molecular complexity index is 24.0. The van der Waals surface area contributed by atoms with E-state index >= 15 is 0 Å². The fourth-order valence-corrected chi connectivity index (χ4v) is 0. The van der Waals surface area contributed by atoms with Crippen LogP contribution in [0.5, 0.6) is 0 Å². The number of hydrogen-bond acceptors (Lipinski definition) is 1. The predicted octanol–water partition coefficient (Wildman–Crippen LogP) is 1.68. The molecule has 0 saturated carbocycles. The first kappa shape index (κ1) is 23.4. The van der Waals surface area contributed by atoms with Crippen molar-refractivity contribution in [3.8, 4) is 0 Å². The molecule has 0 heterocycles. The molecule has 0 rings (SSSR count). The van der Waals surface area contributed by atoms with Gasteiger partial charge in [0.15, 0.2) is 0 Å². The van der Waals surface area contributed by atoms with Crippen LogP contribution in [-0.2, 0) is 21.7 Å². The molecule has 0 atom stereocenters. The maximum absolute atomic E-state index is 8.52. The quantitative estimate of drug-likeness (QED) is 0.413. The van der Waals surface area contributed by atoms with Gasteiger partial charge in [-0.05, 0) is 20.8 Å². The van der Waals surface area contributed by atoms with E-state index in [0.29, 0.717) is 0 Å². The third-order valence-electron chi connectivity index (χ3n) is 0. The topological polar surface area (TPSA) is 20.2 Å². The summed E-state index contributed by atoms with van der Waals surface area (Å²) in [6, 6.07) is 0. The summed E-state index contributed by atoms with van der Waals surface area (Å²) in [6.07, 6.45) is 0. The zero-order chi connectivity index (χ0) is 4.50. The predicted molar refractivity (Wildman–Crippen MR) is 34.8 cm³/mol. The van der Waals surface area contributed by atoms with Crippen LogP contribution in [0.25, 0.3) is 0 Å². The summed E-state index contributed by atoms with van der Waals surface area (Å²) < 4.78 is 0. The van der Waals surface area contributed by atoms with Gasteiger partial charge < -0.3 is 20.0 Å². The van der Waals surface area contributed by atoms with Gasteiger partial charge in [-0.1, -0.05) is 0 Å². The smallest absolute Gasteiger partial charge is 0.391 e. The minimum atomic E-state index is -0.500. The second-order valence-corrected chi connectivity index (χ2v) is 2.17. The largest absolute Gasteiger partial charge is 2.00 e. The molecule has 1 N–H and O–H groups in total. The molecule has 0 radical (unpaired) electrons. The van der Waals surface area contributed by atoms with Crippen LogP contribution in [0.4, 0.5) is 0 Å². The molecule has 0 fully saturated rings. The number of rotatable bonds is 0. The molecule has 50 valence electrons. The average molecular weight is 152 g/mol. The molecule has 0 aliphatic carbocycles. The molecule has 0 spiro atoms. The summed E-state index contributed by atoms with van der Waals surface area (Å²) in [5.74, 6) is 0. The van der Waals surface area contributed by atoms with E-state index in [2.05, 4.69) is 0 Å². The molecule has 0 aromatic carbocycles. The van der Waals surface area contributed by atoms with Crippen LogP contribution in [0.15, 0.2) is 0 Å². The Balaban J connectivity index is -0.0000000267. The Morgan fingerprint density at radius 3 is 1.00 bits per heavy atom. The van der Waals surface area contributed by atoms with Crippen molar-refractivity contribution in [3.05, 3.63) is 14.9 Å². The van der Waals surface area contributed by atoms with Gasteiger partial charge >= 0.3 is 21.7 Å². The molecule has 0 aliphatic heterocycles. The monoisotopic (exact) mass is 152 g/mol. The second kappa shape index (κ2) is 7.67. The first-order valence-corrected chi connectivity index (χ1v) is 1.72. The third kappa shape index (κ3) is 473. The van der Waals surface area contributed by atoms with Gasteiger partial charge in [-0.2, -0.15) is 0 Å². The van der Waals surface area contributed by atoms with E-state index in [0.717, 1.165) is 0 Å². The molecule has 0 aromatic heterocycles.